The number of benzene rings is 7. The van der Waals surface area contributed by atoms with E-state index in [0.717, 1.165) is 66.2 Å². The number of aromatic nitrogens is 2. The molecule has 10 rings (SSSR count). The molecule has 0 amide bonds. The Labute approximate surface area is 275 Å². The standard InChI is InChI=1S/C44H27N3O/c1-27-13-17-41-35(21-27)36-22-28(26-45)14-18-42(36)46(41)31-8-6-7-29(23-31)30-15-19-43-37(24-30)38-25-32(16-20-44(38)48-43)47-39-11-4-2-9-33(39)34-10-3-5-12-40(34)47/h2-25H,1H3. The van der Waals surface area contributed by atoms with Crippen molar-refractivity contribution in [2.45, 2.75) is 6.92 Å². The fourth-order valence-corrected chi connectivity index (χ4v) is 7.59. The van der Waals surface area contributed by atoms with Gasteiger partial charge in [-0.25, -0.2) is 0 Å². The Kier molecular flexibility index (Phi) is 5.53. The lowest BCUT2D eigenvalue weighted by molar-refractivity contribution is 0.669. The summed E-state index contributed by atoms with van der Waals surface area (Å²) in [6.45, 7) is 2.11. The van der Waals surface area contributed by atoms with E-state index in [-0.39, 0.29) is 0 Å². The lowest BCUT2D eigenvalue weighted by atomic mass is 10.0. The molecule has 0 bridgehead atoms. The Bertz CT molecular complexity index is 2930. The molecule has 4 heteroatoms. The summed E-state index contributed by atoms with van der Waals surface area (Å²) in [4.78, 5) is 0. The number of rotatable bonds is 3. The van der Waals surface area contributed by atoms with Crippen molar-refractivity contribution >= 4 is 65.6 Å². The third-order valence-corrected chi connectivity index (χ3v) is 9.78. The van der Waals surface area contributed by atoms with Gasteiger partial charge in [0.25, 0.3) is 0 Å². The number of furan rings is 1. The van der Waals surface area contributed by atoms with E-state index < -0.39 is 0 Å². The van der Waals surface area contributed by atoms with Crippen molar-refractivity contribution in [3.63, 3.8) is 0 Å². The highest BCUT2D eigenvalue weighted by molar-refractivity contribution is 6.12. The monoisotopic (exact) mass is 613 g/mol. The minimum absolute atomic E-state index is 0.666. The van der Waals surface area contributed by atoms with Gasteiger partial charge in [0.1, 0.15) is 11.2 Å². The van der Waals surface area contributed by atoms with Crippen LogP contribution in [-0.2, 0) is 0 Å². The fraction of sp³-hybridized carbons (Fsp3) is 0.0227. The van der Waals surface area contributed by atoms with Crippen LogP contribution in [0.15, 0.2) is 150 Å². The second-order valence-corrected chi connectivity index (χ2v) is 12.6. The van der Waals surface area contributed by atoms with Crippen molar-refractivity contribution in [1.82, 2.24) is 9.13 Å². The topological polar surface area (TPSA) is 46.8 Å². The van der Waals surface area contributed by atoms with Crippen molar-refractivity contribution in [3.8, 4) is 28.6 Å². The summed E-state index contributed by atoms with van der Waals surface area (Å²) in [5, 5.41) is 16.5. The lowest BCUT2D eigenvalue weighted by Gasteiger charge is -2.11. The van der Waals surface area contributed by atoms with Gasteiger partial charge in [0.15, 0.2) is 0 Å². The first-order valence-electron chi connectivity index (χ1n) is 16.2. The molecule has 224 valence electrons. The van der Waals surface area contributed by atoms with Gasteiger partial charge in [-0.15, -0.1) is 0 Å². The maximum atomic E-state index is 9.62. The predicted octanol–water partition coefficient (Wildman–Crippen LogP) is 11.6. The molecule has 0 fully saturated rings. The zero-order valence-corrected chi connectivity index (χ0v) is 26.1. The lowest BCUT2D eigenvalue weighted by Crippen LogP contribution is -1.94. The molecule has 4 nitrogen and oxygen atoms in total. The number of hydrogen-bond donors (Lipinski definition) is 0. The third-order valence-electron chi connectivity index (χ3n) is 9.78. The van der Waals surface area contributed by atoms with Crippen LogP contribution in [0.3, 0.4) is 0 Å². The molecule has 0 saturated heterocycles. The van der Waals surface area contributed by atoms with Gasteiger partial charge in [0.2, 0.25) is 0 Å². The molecule has 0 unspecified atom stereocenters. The SMILES string of the molecule is Cc1ccc2c(c1)c1cc(C#N)ccc1n2-c1cccc(-c2ccc3oc4ccc(-n5c6ccccc6c6ccccc65)cc4c3c2)c1. The van der Waals surface area contributed by atoms with Gasteiger partial charge in [-0.1, -0.05) is 66.2 Å². The number of nitrogens with zero attached hydrogens (tertiary/aromatic N) is 3. The van der Waals surface area contributed by atoms with Crippen LogP contribution in [0.2, 0.25) is 0 Å². The molecule has 0 aliphatic rings. The van der Waals surface area contributed by atoms with Crippen LogP contribution in [0.1, 0.15) is 11.1 Å². The van der Waals surface area contributed by atoms with Crippen molar-refractivity contribution < 1.29 is 4.42 Å². The van der Waals surface area contributed by atoms with Gasteiger partial charge in [-0.2, -0.15) is 5.26 Å². The van der Waals surface area contributed by atoms with Crippen LogP contribution in [0.4, 0.5) is 0 Å². The summed E-state index contributed by atoms with van der Waals surface area (Å²) >= 11 is 0. The van der Waals surface area contributed by atoms with Crippen LogP contribution in [-0.4, -0.2) is 9.13 Å². The molecule has 0 N–H and O–H groups in total. The van der Waals surface area contributed by atoms with Gasteiger partial charge in [0, 0.05) is 43.7 Å². The smallest absolute Gasteiger partial charge is 0.135 e. The van der Waals surface area contributed by atoms with Gasteiger partial charge < -0.3 is 13.6 Å². The molecule has 3 aromatic heterocycles. The minimum Gasteiger partial charge on any atom is -0.456 e. The molecule has 0 atom stereocenters. The van der Waals surface area contributed by atoms with Crippen LogP contribution in [0.25, 0.3) is 88.1 Å². The summed E-state index contributed by atoms with van der Waals surface area (Å²) < 4.78 is 11.0. The third kappa shape index (κ3) is 3.82. The van der Waals surface area contributed by atoms with Crippen LogP contribution < -0.4 is 0 Å². The van der Waals surface area contributed by atoms with Crippen LogP contribution in [0.5, 0.6) is 0 Å². The molecule has 10 aromatic rings. The van der Waals surface area contributed by atoms with Crippen molar-refractivity contribution in [1.29, 1.82) is 5.26 Å². The summed E-state index contributed by atoms with van der Waals surface area (Å²) in [6.07, 6.45) is 0. The molecule has 48 heavy (non-hydrogen) atoms. The highest BCUT2D eigenvalue weighted by Crippen LogP contribution is 2.38. The maximum Gasteiger partial charge on any atom is 0.135 e. The molecule has 0 saturated carbocycles. The Morgan fingerprint density at radius 1 is 0.458 bits per heavy atom. The average Bonchev–Trinajstić information content (AvgIpc) is 3.78. The molecular weight excluding hydrogens is 587 g/mol. The molecule has 0 aliphatic heterocycles. The van der Waals surface area contributed by atoms with Crippen molar-refractivity contribution in [2.75, 3.05) is 0 Å². The Balaban J connectivity index is 1.14. The first-order valence-corrected chi connectivity index (χ1v) is 16.2. The zero-order chi connectivity index (χ0) is 31.9. The van der Waals surface area contributed by atoms with E-state index in [4.69, 9.17) is 4.42 Å². The summed E-state index contributed by atoms with van der Waals surface area (Å²) in [5.74, 6) is 0. The van der Waals surface area contributed by atoms with E-state index in [2.05, 4.69) is 156 Å². The van der Waals surface area contributed by atoms with Gasteiger partial charge in [-0.05, 0) is 103 Å². The fourth-order valence-electron chi connectivity index (χ4n) is 7.59. The van der Waals surface area contributed by atoms with Crippen LogP contribution in [0, 0.1) is 18.3 Å². The number of aryl methyl sites for hydroxylation is 1. The van der Waals surface area contributed by atoms with Crippen LogP contribution >= 0.6 is 0 Å². The van der Waals surface area contributed by atoms with E-state index in [1.165, 1.54) is 27.4 Å². The molecule has 3 heterocycles. The predicted molar refractivity (Wildman–Crippen MR) is 197 cm³/mol. The average molecular weight is 614 g/mol. The highest BCUT2D eigenvalue weighted by atomic mass is 16.3. The van der Waals surface area contributed by atoms with E-state index in [1.807, 2.05) is 12.1 Å². The summed E-state index contributed by atoms with van der Waals surface area (Å²) in [5.41, 5.74) is 12.6. The number of nitriles is 1. The Morgan fingerprint density at radius 3 is 1.81 bits per heavy atom. The molecule has 7 aromatic carbocycles. The summed E-state index contributed by atoms with van der Waals surface area (Å²) in [7, 11) is 0. The Hall–Kier alpha value is -6.57. The van der Waals surface area contributed by atoms with Crippen molar-refractivity contribution in [3.05, 3.63) is 157 Å². The van der Waals surface area contributed by atoms with Gasteiger partial charge in [-0.3, -0.25) is 0 Å². The molecule has 0 spiro atoms. The minimum atomic E-state index is 0.666. The Morgan fingerprint density at radius 2 is 1.06 bits per heavy atom. The number of hydrogen-bond acceptors (Lipinski definition) is 2. The normalized spacial score (nSPS) is 11.8. The largest absolute Gasteiger partial charge is 0.456 e. The molecule has 0 radical (unpaired) electrons. The maximum absolute atomic E-state index is 9.62. The first-order chi connectivity index (χ1) is 23.6. The van der Waals surface area contributed by atoms with E-state index in [1.54, 1.807) is 0 Å². The number of para-hydroxylation sites is 2. The van der Waals surface area contributed by atoms with Gasteiger partial charge in [0.05, 0.1) is 33.7 Å². The van der Waals surface area contributed by atoms with E-state index in [9.17, 15) is 5.26 Å². The second kappa shape index (κ2) is 9.96. The second-order valence-electron chi connectivity index (χ2n) is 12.6. The first kappa shape index (κ1) is 26.6. The van der Waals surface area contributed by atoms with E-state index in [0.29, 0.717) is 5.56 Å². The highest BCUT2D eigenvalue weighted by Gasteiger charge is 2.16. The summed E-state index contributed by atoms with van der Waals surface area (Å²) in [6, 6.07) is 53.7. The molecule has 0 aliphatic carbocycles. The van der Waals surface area contributed by atoms with E-state index >= 15 is 0 Å². The van der Waals surface area contributed by atoms with Gasteiger partial charge >= 0.3 is 0 Å². The van der Waals surface area contributed by atoms with Crippen molar-refractivity contribution in [2.24, 2.45) is 0 Å². The zero-order valence-electron chi connectivity index (χ0n) is 26.1. The quantitative estimate of drug-likeness (QED) is 0.199. The number of fused-ring (bicyclic) bond motifs is 9. The molecular formula is C44H27N3O.